The summed E-state index contributed by atoms with van der Waals surface area (Å²) < 4.78 is 0.929. The van der Waals surface area contributed by atoms with E-state index >= 15 is 0 Å². The predicted molar refractivity (Wildman–Crippen MR) is 56.2 cm³/mol. The van der Waals surface area contributed by atoms with Gasteiger partial charge in [-0.1, -0.05) is 35.0 Å². The third kappa shape index (κ3) is 2.56. The van der Waals surface area contributed by atoms with Crippen molar-refractivity contribution in [3.05, 3.63) is 34.3 Å². The number of aliphatic hydroxyl groups is 1. The first kappa shape index (κ1) is 11.2. The number of carboxylic acid groups (broad SMARTS) is 1. The van der Waals surface area contributed by atoms with Gasteiger partial charge in [-0.2, -0.15) is 0 Å². The Bertz CT molecular complexity index is 321. The predicted octanol–water partition coefficient (Wildman–Crippen LogP) is 2.00. The number of aliphatic carboxylic acids is 1. The van der Waals surface area contributed by atoms with Crippen molar-refractivity contribution >= 4 is 21.9 Å². The molecule has 0 bridgehead atoms. The fraction of sp³-hybridized carbons (Fsp3) is 0.300. The van der Waals surface area contributed by atoms with E-state index in [0.29, 0.717) is 0 Å². The minimum Gasteiger partial charge on any atom is -0.479 e. The zero-order valence-electron chi connectivity index (χ0n) is 7.64. The van der Waals surface area contributed by atoms with Gasteiger partial charge in [-0.05, 0) is 17.7 Å². The first-order valence-electron chi connectivity index (χ1n) is 4.18. The fourth-order valence-electron chi connectivity index (χ4n) is 1.16. The third-order valence-electron chi connectivity index (χ3n) is 2.12. The molecule has 0 aliphatic carbocycles. The van der Waals surface area contributed by atoms with E-state index in [1.54, 1.807) is 19.1 Å². The fourth-order valence-corrected chi connectivity index (χ4v) is 1.43. The Morgan fingerprint density at radius 2 is 1.86 bits per heavy atom. The Kier molecular flexibility index (Phi) is 3.66. The molecule has 0 aliphatic rings. The number of aliphatic hydroxyl groups excluding tert-OH is 1. The van der Waals surface area contributed by atoms with Crippen molar-refractivity contribution in [1.29, 1.82) is 0 Å². The molecule has 2 N–H and O–H groups in total. The van der Waals surface area contributed by atoms with Crippen LogP contribution in [0.4, 0.5) is 0 Å². The summed E-state index contributed by atoms with van der Waals surface area (Å²) in [5.41, 5.74) is 0.808. The molecule has 76 valence electrons. The van der Waals surface area contributed by atoms with Crippen LogP contribution in [-0.4, -0.2) is 22.3 Å². The van der Waals surface area contributed by atoms with Gasteiger partial charge >= 0.3 is 5.97 Å². The van der Waals surface area contributed by atoms with Crippen molar-refractivity contribution in [2.75, 3.05) is 0 Å². The molecule has 0 saturated carbocycles. The maximum Gasteiger partial charge on any atom is 0.333 e. The lowest BCUT2D eigenvalue weighted by atomic mass is 9.96. The number of benzene rings is 1. The summed E-state index contributed by atoms with van der Waals surface area (Å²) in [6.07, 6.45) is -1.35. The number of hydrogen-bond acceptors (Lipinski definition) is 2. The van der Waals surface area contributed by atoms with Gasteiger partial charge in [0, 0.05) is 10.4 Å². The van der Waals surface area contributed by atoms with E-state index in [4.69, 9.17) is 5.11 Å². The zero-order valence-corrected chi connectivity index (χ0v) is 9.23. The molecule has 0 aliphatic heterocycles. The lowest BCUT2D eigenvalue weighted by molar-refractivity contribution is -0.147. The lowest BCUT2D eigenvalue weighted by Gasteiger charge is -2.15. The smallest absolute Gasteiger partial charge is 0.333 e. The van der Waals surface area contributed by atoms with Gasteiger partial charge in [0.1, 0.15) is 0 Å². The average Bonchev–Trinajstić information content (AvgIpc) is 2.16. The molecule has 0 aromatic heterocycles. The minimum absolute atomic E-state index is 0.402. The van der Waals surface area contributed by atoms with Crippen molar-refractivity contribution in [2.24, 2.45) is 0 Å². The van der Waals surface area contributed by atoms with Gasteiger partial charge in [0.2, 0.25) is 0 Å². The first-order valence-corrected chi connectivity index (χ1v) is 4.98. The summed E-state index contributed by atoms with van der Waals surface area (Å²) in [6, 6.07) is 7.22. The van der Waals surface area contributed by atoms with Gasteiger partial charge in [0.25, 0.3) is 0 Å². The van der Waals surface area contributed by atoms with Gasteiger partial charge < -0.3 is 10.2 Å². The van der Waals surface area contributed by atoms with Gasteiger partial charge in [0.05, 0.1) is 0 Å². The van der Waals surface area contributed by atoms with Gasteiger partial charge in [-0.3, -0.25) is 0 Å². The lowest BCUT2D eigenvalue weighted by Crippen LogP contribution is -2.25. The summed E-state index contributed by atoms with van der Waals surface area (Å²) in [7, 11) is 0. The molecular formula is C10H11BrO3. The van der Waals surface area contributed by atoms with Crippen LogP contribution in [-0.2, 0) is 4.79 Å². The Hall–Kier alpha value is -0.870. The van der Waals surface area contributed by atoms with Crippen LogP contribution >= 0.6 is 15.9 Å². The van der Waals surface area contributed by atoms with Crippen LogP contribution in [0.3, 0.4) is 0 Å². The first-order chi connectivity index (χ1) is 6.52. The van der Waals surface area contributed by atoms with Gasteiger partial charge in [0.15, 0.2) is 6.10 Å². The number of halogens is 1. The summed E-state index contributed by atoms with van der Waals surface area (Å²) in [6.45, 7) is 1.68. The molecular weight excluding hydrogens is 248 g/mol. The number of hydrogen-bond donors (Lipinski definition) is 2. The second-order valence-electron chi connectivity index (χ2n) is 3.12. The Balaban J connectivity index is 2.84. The summed E-state index contributed by atoms with van der Waals surface area (Å²) >= 11 is 3.28. The molecule has 0 radical (unpaired) electrons. The van der Waals surface area contributed by atoms with Crippen LogP contribution in [0.25, 0.3) is 0 Å². The highest BCUT2D eigenvalue weighted by Gasteiger charge is 2.22. The van der Waals surface area contributed by atoms with Crippen LogP contribution in [0, 0.1) is 0 Å². The molecule has 0 spiro atoms. The SMILES string of the molecule is CC(c1ccc(Br)cc1)C(O)C(=O)O. The number of carboxylic acids is 1. The maximum absolute atomic E-state index is 10.5. The van der Waals surface area contributed by atoms with Crippen LogP contribution in [0.5, 0.6) is 0 Å². The van der Waals surface area contributed by atoms with Gasteiger partial charge in [-0.15, -0.1) is 0 Å². The van der Waals surface area contributed by atoms with E-state index in [1.165, 1.54) is 0 Å². The van der Waals surface area contributed by atoms with Crippen LogP contribution in [0.2, 0.25) is 0 Å². The number of rotatable bonds is 3. The molecule has 14 heavy (non-hydrogen) atoms. The molecule has 4 heteroatoms. The largest absolute Gasteiger partial charge is 0.479 e. The van der Waals surface area contributed by atoms with Crippen LogP contribution in [0.1, 0.15) is 18.4 Å². The van der Waals surface area contributed by atoms with E-state index in [-0.39, 0.29) is 0 Å². The second-order valence-corrected chi connectivity index (χ2v) is 4.04. The highest BCUT2D eigenvalue weighted by Crippen LogP contribution is 2.21. The normalized spacial score (nSPS) is 14.8. The standard InChI is InChI=1S/C10H11BrO3/c1-6(9(12)10(13)14)7-2-4-8(11)5-3-7/h2-6,9,12H,1H3,(H,13,14). The van der Waals surface area contributed by atoms with Crippen molar-refractivity contribution in [2.45, 2.75) is 18.9 Å². The highest BCUT2D eigenvalue weighted by molar-refractivity contribution is 9.10. The minimum atomic E-state index is -1.35. The highest BCUT2D eigenvalue weighted by atomic mass is 79.9. The third-order valence-corrected chi connectivity index (χ3v) is 2.65. The number of carbonyl (C=O) groups is 1. The molecule has 2 unspecified atom stereocenters. The quantitative estimate of drug-likeness (QED) is 0.872. The van der Waals surface area contributed by atoms with Crippen LogP contribution < -0.4 is 0 Å². The van der Waals surface area contributed by atoms with Crippen molar-refractivity contribution in [1.82, 2.24) is 0 Å². The topological polar surface area (TPSA) is 57.5 Å². The molecule has 2 atom stereocenters. The molecule has 0 fully saturated rings. The van der Waals surface area contributed by atoms with Crippen molar-refractivity contribution in [3.63, 3.8) is 0 Å². The van der Waals surface area contributed by atoms with E-state index in [0.717, 1.165) is 10.0 Å². The van der Waals surface area contributed by atoms with Gasteiger partial charge in [-0.25, -0.2) is 4.79 Å². The summed E-state index contributed by atoms with van der Waals surface area (Å²) in [5.74, 6) is -1.60. The Morgan fingerprint density at radius 3 is 2.29 bits per heavy atom. The second kappa shape index (κ2) is 4.57. The average molecular weight is 259 g/mol. The van der Waals surface area contributed by atoms with Crippen molar-refractivity contribution in [3.8, 4) is 0 Å². The Labute approximate surface area is 90.5 Å². The molecule has 0 saturated heterocycles. The van der Waals surface area contributed by atoms with Crippen LogP contribution in [0.15, 0.2) is 28.7 Å². The Morgan fingerprint density at radius 1 is 1.36 bits per heavy atom. The van der Waals surface area contributed by atoms with E-state index in [9.17, 15) is 9.90 Å². The monoisotopic (exact) mass is 258 g/mol. The molecule has 3 nitrogen and oxygen atoms in total. The molecule has 1 aromatic rings. The maximum atomic E-state index is 10.5. The molecule has 1 aromatic carbocycles. The summed E-state index contributed by atoms with van der Waals surface area (Å²) in [5, 5.41) is 17.9. The van der Waals surface area contributed by atoms with E-state index < -0.39 is 18.0 Å². The molecule has 0 amide bonds. The molecule has 1 rings (SSSR count). The molecule has 0 heterocycles. The zero-order chi connectivity index (χ0) is 10.7. The van der Waals surface area contributed by atoms with E-state index in [2.05, 4.69) is 15.9 Å². The van der Waals surface area contributed by atoms with Crippen molar-refractivity contribution < 1.29 is 15.0 Å². The van der Waals surface area contributed by atoms with E-state index in [1.807, 2.05) is 12.1 Å². The summed E-state index contributed by atoms with van der Waals surface area (Å²) in [4.78, 5) is 10.5.